The summed E-state index contributed by atoms with van der Waals surface area (Å²) < 4.78 is 1.99. The van der Waals surface area contributed by atoms with Crippen LogP contribution in [-0.2, 0) is 20.0 Å². The normalized spacial score (nSPS) is 15.5. The number of nitrogens with one attached hydrogen (secondary N) is 2. The van der Waals surface area contributed by atoms with E-state index in [2.05, 4.69) is 82.4 Å². The molecule has 32 heavy (non-hydrogen) atoms. The molecule has 0 bridgehead atoms. The molecule has 1 unspecified atom stereocenters. The van der Waals surface area contributed by atoms with E-state index in [0.29, 0.717) is 12.0 Å². The van der Waals surface area contributed by atoms with E-state index < -0.39 is 0 Å². The van der Waals surface area contributed by atoms with Crippen LogP contribution in [0, 0.1) is 12.3 Å². The number of rotatable bonds is 8. The Kier molecular flexibility index (Phi) is 8.28. The second-order valence-electron chi connectivity index (χ2n) is 8.68. The molecule has 0 radical (unpaired) electrons. The van der Waals surface area contributed by atoms with Gasteiger partial charge >= 0.3 is 0 Å². The first-order valence-corrected chi connectivity index (χ1v) is 11.0. The minimum absolute atomic E-state index is 0. The number of guanidine groups is 1. The molecule has 0 spiro atoms. The summed E-state index contributed by atoms with van der Waals surface area (Å²) in [4.78, 5) is 4.84. The maximum absolute atomic E-state index is 4.84. The molecule has 1 aliphatic rings. The van der Waals surface area contributed by atoms with E-state index in [1.54, 1.807) is 0 Å². The van der Waals surface area contributed by atoms with Gasteiger partial charge in [0.15, 0.2) is 11.8 Å². The number of hydrogen-bond donors (Lipinski definition) is 2. The van der Waals surface area contributed by atoms with Crippen LogP contribution in [0.4, 0.5) is 0 Å². The van der Waals surface area contributed by atoms with Crippen molar-refractivity contribution < 1.29 is 0 Å². The van der Waals surface area contributed by atoms with Gasteiger partial charge in [-0.25, -0.2) is 4.99 Å². The monoisotopic (exact) mass is 544 g/mol. The molecular formula is C25H33IN6. The maximum Gasteiger partial charge on any atom is 0.192 e. The molecule has 2 aromatic carbocycles. The van der Waals surface area contributed by atoms with Gasteiger partial charge in [-0.3, -0.25) is 0 Å². The topological polar surface area (TPSA) is 67.1 Å². The van der Waals surface area contributed by atoms with Crippen molar-refractivity contribution in [3.63, 3.8) is 0 Å². The van der Waals surface area contributed by atoms with Crippen LogP contribution in [0.15, 0.2) is 65.7 Å². The Balaban J connectivity index is 0.00000289. The summed E-state index contributed by atoms with van der Waals surface area (Å²) in [6.45, 7) is 5.51. The predicted octanol–water partition coefficient (Wildman–Crippen LogP) is 4.56. The lowest BCUT2D eigenvalue weighted by Gasteiger charge is -2.22. The number of nitrogens with zero attached hydrogens (tertiary/aromatic N) is 4. The Bertz CT molecular complexity index is 1010. The van der Waals surface area contributed by atoms with E-state index in [1.165, 1.54) is 24.0 Å². The lowest BCUT2D eigenvalue weighted by molar-refractivity contribution is 0.489. The first-order valence-electron chi connectivity index (χ1n) is 11.0. The Morgan fingerprint density at radius 2 is 1.72 bits per heavy atom. The summed E-state index contributed by atoms with van der Waals surface area (Å²) in [5, 5.41) is 15.6. The fourth-order valence-electron chi connectivity index (χ4n) is 3.81. The van der Waals surface area contributed by atoms with Gasteiger partial charge in [0, 0.05) is 13.6 Å². The van der Waals surface area contributed by atoms with Crippen LogP contribution in [0.3, 0.4) is 0 Å². The van der Waals surface area contributed by atoms with Crippen molar-refractivity contribution in [3.8, 4) is 0 Å². The van der Waals surface area contributed by atoms with Gasteiger partial charge < -0.3 is 15.2 Å². The van der Waals surface area contributed by atoms with E-state index in [1.807, 2.05) is 24.6 Å². The summed E-state index contributed by atoms with van der Waals surface area (Å²) in [6, 6.07) is 21.4. The van der Waals surface area contributed by atoms with Gasteiger partial charge in [0.05, 0.1) is 6.04 Å². The molecule has 1 aromatic heterocycles. The summed E-state index contributed by atoms with van der Waals surface area (Å²) in [5.41, 5.74) is 2.96. The number of aliphatic imine (C=N–C) groups is 1. The first-order chi connectivity index (χ1) is 15.0. The smallest absolute Gasteiger partial charge is 0.192 e. The Hall–Kier alpha value is -2.42. The molecule has 0 saturated heterocycles. The number of halogens is 1. The Morgan fingerprint density at radius 1 is 1.06 bits per heavy atom. The molecule has 1 heterocycles. The van der Waals surface area contributed by atoms with Crippen LogP contribution in [0.5, 0.6) is 0 Å². The van der Waals surface area contributed by atoms with Gasteiger partial charge in [-0.15, -0.1) is 34.2 Å². The number of benzene rings is 2. The largest absolute Gasteiger partial charge is 0.356 e. The maximum atomic E-state index is 4.84. The minimum Gasteiger partial charge on any atom is -0.356 e. The quantitative estimate of drug-likeness (QED) is 0.248. The van der Waals surface area contributed by atoms with E-state index in [0.717, 1.165) is 30.6 Å². The molecule has 1 saturated carbocycles. The third kappa shape index (κ3) is 6.31. The highest BCUT2D eigenvalue weighted by molar-refractivity contribution is 14.0. The van der Waals surface area contributed by atoms with E-state index in [9.17, 15) is 0 Å². The molecule has 6 nitrogen and oxygen atoms in total. The molecule has 3 aromatic rings. The van der Waals surface area contributed by atoms with E-state index >= 15 is 0 Å². The van der Waals surface area contributed by atoms with Gasteiger partial charge in [-0.2, -0.15) is 0 Å². The summed E-state index contributed by atoms with van der Waals surface area (Å²) >= 11 is 0. The highest BCUT2D eigenvalue weighted by Gasteiger charge is 2.42. The van der Waals surface area contributed by atoms with Crippen molar-refractivity contribution in [1.29, 1.82) is 0 Å². The molecular weight excluding hydrogens is 511 g/mol. The average molecular weight is 544 g/mol. The van der Waals surface area contributed by atoms with Crippen molar-refractivity contribution in [3.05, 3.63) is 83.4 Å². The zero-order valence-electron chi connectivity index (χ0n) is 19.1. The van der Waals surface area contributed by atoms with Gasteiger partial charge in [-0.1, -0.05) is 60.7 Å². The SMILES string of the molecule is Cc1nnc(CN=C(NCC2(Cc3ccccc3)CC2)NC(C)c2ccccc2)n1C.I. The highest BCUT2D eigenvalue weighted by atomic mass is 127. The van der Waals surface area contributed by atoms with Crippen LogP contribution >= 0.6 is 24.0 Å². The molecule has 1 aliphatic carbocycles. The van der Waals surface area contributed by atoms with Gasteiger partial charge in [0.25, 0.3) is 0 Å². The van der Waals surface area contributed by atoms with Gasteiger partial charge in [0.1, 0.15) is 12.4 Å². The molecule has 7 heteroatoms. The standard InChI is InChI=1S/C25H32N6.HI/c1-19(22-12-8-5-9-13-22)28-24(26-17-23-30-29-20(2)31(23)3)27-18-25(14-15-25)16-21-10-6-4-7-11-21;/h4-13,19H,14-18H2,1-3H3,(H2,26,27,28);1H. The van der Waals surface area contributed by atoms with Gasteiger partial charge in [0.2, 0.25) is 0 Å². The lowest BCUT2D eigenvalue weighted by atomic mass is 9.96. The Morgan fingerprint density at radius 3 is 2.31 bits per heavy atom. The summed E-state index contributed by atoms with van der Waals surface area (Å²) in [5.74, 6) is 2.57. The zero-order chi connectivity index (χ0) is 21.7. The summed E-state index contributed by atoms with van der Waals surface area (Å²) in [7, 11) is 1.98. The third-order valence-electron chi connectivity index (χ3n) is 6.22. The number of hydrogen-bond acceptors (Lipinski definition) is 3. The number of aromatic nitrogens is 3. The molecule has 1 fully saturated rings. The second kappa shape index (κ2) is 10.9. The molecule has 0 amide bonds. The summed E-state index contributed by atoms with van der Waals surface area (Å²) in [6.07, 6.45) is 3.60. The van der Waals surface area contributed by atoms with Gasteiger partial charge in [-0.05, 0) is 49.7 Å². The Labute approximate surface area is 208 Å². The fraction of sp³-hybridized carbons (Fsp3) is 0.400. The van der Waals surface area contributed by atoms with Crippen molar-refractivity contribution in [2.75, 3.05) is 6.54 Å². The van der Waals surface area contributed by atoms with Crippen molar-refractivity contribution in [2.24, 2.45) is 17.5 Å². The van der Waals surface area contributed by atoms with E-state index in [-0.39, 0.29) is 30.0 Å². The molecule has 170 valence electrons. The van der Waals surface area contributed by atoms with Crippen LogP contribution < -0.4 is 10.6 Å². The van der Waals surface area contributed by atoms with Crippen molar-refractivity contribution in [2.45, 2.75) is 45.7 Å². The van der Waals surface area contributed by atoms with Crippen LogP contribution in [0.25, 0.3) is 0 Å². The van der Waals surface area contributed by atoms with Crippen LogP contribution in [0.2, 0.25) is 0 Å². The van der Waals surface area contributed by atoms with Crippen molar-refractivity contribution in [1.82, 2.24) is 25.4 Å². The third-order valence-corrected chi connectivity index (χ3v) is 6.22. The zero-order valence-corrected chi connectivity index (χ0v) is 21.4. The molecule has 0 aliphatic heterocycles. The fourth-order valence-corrected chi connectivity index (χ4v) is 3.81. The van der Waals surface area contributed by atoms with Crippen LogP contribution in [0.1, 0.15) is 48.6 Å². The second-order valence-corrected chi connectivity index (χ2v) is 8.68. The lowest BCUT2D eigenvalue weighted by Crippen LogP contribution is -2.42. The number of aryl methyl sites for hydroxylation is 1. The predicted molar refractivity (Wildman–Crippen MR) is 140 cm³/mol. The van der Waals surface area contributed by atoms with Crippen LogP contribution in [-0.4, -0.2) is 27.3 Å². The molecule has 1 atom stereocenters. The molecule has 4 rings (SSSR count). The first kappa shape index (κ1) is 24.2. The average Bonchev–Trinajstić information content (AvgIpc) is 3.49. The van der Waals surface area contributed by atoms with Crippen molar-refractivity contribution >= 4 is 29.9 Å². The molecule has 2 N–H and O–H groups in total. The van der Waals surface area contributed by atoms with E-state index in [4.69, 9.17) is 4.99 Å². The highest BCUT2D eigenvalue weighted by Crippen LogP contribution is 2.47. The minimum atomic E-state index is 0.